The Labute approximate surface area is 350 Å². The molecule has 7 aromatic rings. The number of hydrogen-bond acceptors (Lipinski definition) is 3. The van der Waals surface area contributed by atoms with E-state index in [0.29, 0.717) is 0 Å². The lowest BCUT2D eigenvalue weighted by Crippen LogP contribution is -2.29. The Morgan fingerprint density at radius 3 is 1.68 bits per heavy atom. The van der Waals surface area contributed by atoms with Crippen molar-refractivity contribution in [2.75, 3.05) is 0 Å². The van der Waals surface area contributed by atoms with Crippen LogP contribution in [0.4, 0.5) is 0 Å². The van der Waals surface area contributed by atoms with Crippen LogP contribution in [0, 0.1) is 5.92 Å². The van der Waals surface area contributed by atoms with E-state index in [-0.39, 0.29) is 22.8 Å². The number of amidine groups is 1. The molecule has 0 saturated carbocycles. The Morgan fingerprint density at radius 2 is 1.07 bits per heavy atom. The van der Waals surface area contributed by atoms with Gasteiger partial charge in [-0.3, -0.25) is 9.98 Å². The number of aromatic nitrogens is 1. The summed E-state index contributed by atoms with van der Waals surface area (Å²) >= 11 is 0. The molecule has 1 aliphatic heterocycles. The van der Waals surface area contributed by atoms with Crippen molar-refractivity contribution in [1.82, 2.24) is 4.98 Å². The maximum atomic E-state index is 5.63. The molecule has 0 fully saturated rings. The molecule has 2 unspecified atom stereocenters. The van der Waals surface area contributed by atoms with Crippen LogP contribution in [-0.2, 0) is 16.2 Å². The SMILES string of the molecule is CCC1C(c2ccccc2)=NC(c2ccc3c(c2)C(c2ccccc2)(c2ccccc2)c2ccccc2-3)=NC1c1ccc(-c2ccc(C(C)(C)C)nc2C(C)(C)C)cc1. The lowest BCUT2D eigenvalue weighted by molar-refractivity contribution is 0.531. The standard InChI is InChI=1S/C56H53N3/c1-8-43-50(38-20-12-9-13-21-38)58-53(59-51(43)39-30-28-37(29-31-39)44-34-35-49(54(2,3)4)57-52(44)55(5,6)7)40-32-33-46-45-26-18-19-27-47(45)56(48(46)36-40,41-22-14-10-15-23-41)42-24-16-11-17-25-42/h9-36,43,51H,8H2,1-7H3. The average molecular weight is 768 g/mol. The molecule has 0 saturated heterocycles. The van der Waals surface area contributed by atoms with Crippen molar-refractivity contribution < 1.29 is 0 Å². The Morgan fingerprint density at radius 1 is 0.508 bits per heavy atom. The van der Waals surface area contributed by atoms with Crippen molar-refractivity contribution >= 4 is 11.5 Å². The summed E-state index contributed by atoms with van der Waals surface area (Å²) in [5.41, 5.74) is 16.0. The fourth-order valence-electron chi connectivity index (χ4n) is 9.47. The van der Waals surface area contributed by atoms with E-state index in [2.05, 4.69) is 218 Å². The van der Waals surface area contributed by atoms with Crippen LogP contribution in [0.5, 0.6) is 0 Å². The van der Waals surface area contributed by atoms with E-state index in [1.165, 1.54) is 50.1 Å². The van der Waals surface area contributed by atoms with Gasteiger partial charge in [0.15, 0.2) is 5.84 Å². The molecule has 0 radical (unpaired) electrons. The van der Waals surface area contributed by atoms with Crippen LogP contribution in [-0.4, -0.2) is 16.5 Å². The van der Waals surface area contributed by atoms with Crippen molar-refractivity contribution in [3.05, 3.63) is 220 Å². The van der Waals surface area contributed by atoms with Crippen molar-refractivity contribution in [2.24, 2.45) is 15.9 Å². The van der Waals surface area contributed by atoms with Gasteiger partial charge in [-0.2, -0.15) is 0 Å². The van der Waals surface area contributed by atoms with E-state index in [0.717, 1.165) is 40.5 Å². The van der Waals surface area contributed by atoms with Gasteiger partial charge in [0.25, 0.3) is 0 Å². The Balaban J connectivity index is 1.20. The fraction of sp³-hybridized carbons (Fsp3) is 0.232. The maximum Gasteiger partial charge on any atom is 0.155 e. The van der Waals surface area contributed by atoms with Gasteiger partial charge >= 0.3 is 0 Å². The van der Waals surface area contributed by atoms with Crippen LogP contribution >= 0.6 is 0 Å². The van der Waals surface area contributed by atoms with Crippen LogP contribution < -0.4 is 0 Å². The Bertz CT molecular complexity index is 2650. The van der Waals surface area contributed by atoms with Crippen LogP contribution in [0.25, 0.3) is 22.3 Å². The predicted octanol–water partition coefficient (Wildman–Crippen LogP) is 13.7. The summed E-state index contributed by atoms with van der Waals surface area (Å²) in [4.78, 5) is 16.4. The second-order valence-corrected chi connectivity index (χ2v) is 18.3. The van der Waals surface area contributed by atoms with E-state index in [4.69, 9.17) is 15.0 Å². The van der Waals surface area contributed by atoms with Gasteiger partial charge in [0.1, 0.15) is 0 Å². The van der Waals surface area contributed by atoms with Gasteiger partial charge < -0.3 is 0 Å². The lowest BCUT2D eigenvalue weighted by Gasteiger charge is -2.34. The fourth-order valence-corrected chi connectivity index (χ4v) is 9.47. The summed E-state index contributed by atoms with van der Waals surface area (Å²) in [5.74, 6) is 0.879. The number of hydrogen-bond donors (Lipinski definition) is 0. The summed E-state index contributed by atoms with van der Waals surface area (Å²) in [6, 6.07) is 62.0. The zero-order chi connectivity index (χ0) is 40.9. The molecule has 9 rings (SSSR count). The van der Waals surface area contributed by atoms with Gasteiger partial charge in [-0.1, -0.05) is 206 Å². The maximum absolute atomic E-state index is 5.63. The van der Waals surface area contributed by atoms with E-state index < -0.39 is 5.41 Å². The molecule has 0 amide bonds. The van der Waals surface area contributed by atoms with E-state index in [1.807, 2.05) is 0 Å². The highest BCUT2D eigenvalue weighted by Gasteiger charge is 2.46. The third kappa shape index (κ3) is 6.67. The first kappa shape index (κ1) is 38.3. The van der Waals surface area contributed by atoms with Crippen LogP contribution in [0.1, 0.15) is 111 Å². The van der Waals surface area contributed by atoms with Crippen molar-refractivity contribution in [2.45, 2.75) is 77.2 Å². The molecule has 1 aromatic heterocycles. The molecule has 2 heterocycles. The number of rotatable bonds is 7. The van der Waals surface area contributed by atoms with Gasteiger partial charge in [0.2, 0.25) is 0 Å². The summed E-state index contributed by atoms with van der Waals surface area (Å²) in [7, 11) is 0. The zero-order valence-electron chi connectivity index (χ0n) is 35.4. The number of pyridine rings is 1. The van der Waals surface area contributed by atoms with Gasteiger partial charge in [-0.05, 0) is 68.6 Å². The minimum Gasteiger partial charge on any atom is -0.257 e. The van der Waals surface area contributed by atoms with E-state index in [9.17, 15) is 0 Å². The largest absolute Gasteiger partial charge is 0.257 e. The molecule has 3 nitrogen and oxygen atoms in total. The molecule has 0 bridgehead atoms. The molecule has 1 aliphatic carbocycles. The number of fused-ring (bicyclic) bond motifs is 3. The van der Waals surface area contributed by atoms with Crippen LogP contribution in [0.2, 0.25) is 0 Å². The van der Waals surface area contributed by atoms with Crippen molar-refractivity contribution in [3.63, 3.8) is 0 Å². The molecule has 3 heteroatoms. The average Bonchev–Trinajstić information content (AvgIpc) is 3.56. The first-order valence-corrected chi connectivity index (χ1v) is 21.2. The minimum absolute atomic E-state index is 0.0281. The van der Waals surface area contributed by atoms with Gasteiger partial charge in [0, 0.05) is 33.6 Å². The number of benzene rings is 6. The summed E-state index contributed by atoms with van der Waals surface area (Å²) in [5, 5.41) is 0. The van der Waals surface area contributed by atoms with E-state index >= 15 is 0 Å². The first-order chi connectivity index (χ1) is 28.5. The Hall–Kier alpha value is -6.19. The Kier molecular flexibility index (Phi) is 9.67. The number of nitrogens with zero attached hydrogens (tertiary/aromatic N) is 3. The van der Waals surface area contributed by atoms with Gasteiger partial charge in [-0.25, -0.2) is 4.99 Å². The van der Waals surface area contributed by atoms with Crippen LogP contribution in [0.3, 0.4) is 0 Å². The molecule has 6 aromatic carbocycles. The second kappa shape index (κ2) is 14.9. The highest BCUT2D eigenvalue weighted by molar-refractivity contribution is 6.15. The first-order valence-electron chi connectivity index (χ1n) is 21.2. The normalized spacial score (nSPS) is 17.1. The van der Waals surface area contributed by atoms with Crippen LogP contribution in [0.15, 0.2) is 180 Å². The highest BCUT2D eigenvalue weighted by Crippen LogP contribution is 2.56. The molecule has 59 heavy (non-hydrogen) atoms. The van der Waals surface area contributed by atoms with E-state index in [1.54, 1.807) is 0 Å². The summed E-state index contributed by atoms with van der Waals surface area (Å²) < 4.78 is 0. The number of aliphatic imine (C=N–C) groups is 2. The third-order valence-electron chi connectivity index (χ3n) is 12.4. The second-order valence-electron chi connectivity index (χ2n) is 18.3. The van der Waals surface area contributed by atoms with Gasteiger partial charge in [0.05, 0.1) is 22.9 Å². The third-order valence-corrected chi connectivity index (χ3v) is 12.4. The molecule has 2 aliphatic rings. The quantitative estimate of drug-likeness (QED) is 0.159. The summed E-state index contributed by atoms with van der Waals surface area (Å²) in [6.45, 7) is 15.7. The van der Waals surface area contributed by atoms with Crippen molar-refractivity contribution in [3.8, 4) is 22.3 Å². The molecular weight excluding hydrogens is 715 g/mol. The van der Waals surface area contributed by atoms with Gasteiger partial charge in [-0.15, -0.1) is 0 Å². The molecule has 292 valence electrons. The van der Waals surface area contributed by atoms with Crippen molar-refractivity contribution in [1.29, 1.82) is 0 Å². The molecular formula is C56H53N3. The minimum atomic E-state index is -0.501. The highest BCUT2D eigenvalue weighted by atomic mass is 15.0. The lowest BCUT2D eigenvalue weighted by atomic mass is 9.67. The smallest absolute Gasteiger partial charge is 0.155 e. The molecule has 0 spiro atoms. The molecule has 0 N–H and O–H groups in total. The monoisotopic (exact) mass is 767 g/mol. The predicted molar refractivity (Wildman–Crippen MR) is 247 cm³/mol. The summed E-state index contributed by atoms with van der Waals surface area (Å²) in [6.07, 6.45) is 0.911. The topological polar surface area (TPSA) is 37.6 Å². The molecule has 2 atom stereocenters. The zero-order valence-corrected chi connectivity index (χ0v) is 35.4.